The molecule has 1 aromatic carbocycles. The molecular formula is C26H29N9. The van der Waals surface area contributed by atoms with Crippen LogP contribution in [0.25, 0.3) is 17.5 Å². The molecule has 0 unspecified atom stereocenters. The summed E-state index contributed by atoms with van der Waals surface area (Å²) in [4.78, 5) is 22.1. The summed E-state index contributed by atoms with van der Waals surface area (Å²) in [6.07, 6.45) is 8.13. The zero-order valence-electron chi connectivity index (χ0n) is 19.9. The highest BCUT2D eigenvalue weighted by atomic mass is 15.4. The number of hydrogen-bond donors (Lipinski definition) is 2. The zero-order valence-corrected chi connectivity index (χ0v) is 19.9. The maximum absolute atomic E-state index is 4.96. The number of likely N-dealkylation sites (tertiary alicyclic amines) is 1. The van der Waals surface area contributed by atoms with Gasteiger partial charge in [-0.15, -0.1) is 0 Å². The maximum Gasteiger partial charge on any atom is 0.162 e. The van der Waals surface area contributed by atoms with Crippen molar-refractivity contribution in [3.63, 3.8) is 0 Å². The number of nitrogens with zero attached hydrogens (tertiary/aromatic N) is 7. The SMILES string of the molecule is Cc1cccc(-c2[nH]c(CNc3cccc(CN4CCCC4)c3)nc2N2C=Cc3ncnn3C2)n1. The van der Waals surface area contributed by atoms with Gasteiger partial charge in [-0.1, -0.05) is 18.2 Å². The summed E-state index contributed by atoms with van der Waals surface area (Å²) in [6.45, 7) is 6.53. The van der Waals surface area contributed by atoms with Gasteiger partial charge in [-0.25, -0.2) is 14.6 Å². The molecule has 1 saturated heterocycles. The standard InChI is InChI=1S/C26H29N9/c1-19-6-4-9-22(30-19)25-26(34-13-10-24-28-17-29-35(24)18-34)32-23(31-25)15-27-21-8-5-7-20(14-21)16-33-11-2-3-12-33/h4-10,13-14,17,27H,2-3,11-12,15-16,18H2,1H3,(H,31,32). The molecule has 0 bridgehead atoms. The zero-order chi connectivity index (χ0) is 23.6. The van der Waals surface area contributed by atoms with Gasteiger partial charge < -0.3 is 15.2 Å². The van der Waals surface area contributed by atoms with E-state index in [2.05, 4.69) is 54.4 Å². The third-order valence-corrected chi connectivity index (χ3v) is 6.48. The van der Waals surface area contributed by atoms with E-state index in [0.717, 1.165) is 46.8 Å². The lowest BCUT2D eigenvalue weighted by molar-refractivity contribution is 0.331. The molecule has 2 N–H and O–H groups in total. The second-order valence-electron chi connectivity index (χ2n) is 9.13. The number of anilines is 2. The minimum absolute atomic E-state index is 0.543. The average molecular weight is 468 g/mol. The van der Waals surface area contributed by atoms with Crippen molar-refractivity contribution in [3.8, 4) is 11.4 Å². The normalized spacial score (nSPS) is 15.5. The summed E-state index contributed by atoms with van der Waals surface area (Å²) in [7, 11) is 0. The van der Waals surface area contributed by atoms with Gasteiger partial charge in [0.1, 0.15) is 24.5 Å². The van der Waals surface area contributed by atoms with E-state index in [1.54, 1.807) is 6.33 Å². The number of fused-ring (bicyclic) bond motifs is 1. The van der Waals surface area contributed by atoms with Crippen LogP contribution in [-0.4, -0.2) is 47.7 Å². The molecule has 2 aliphatic heterocycles. The fourth-order valence-electron chi connectivity index (χ4n) is 4.73. The number of imidazole rings is 1. The van der Waals surface area contributed by atoms with Crippen LogP contribution in [0.2, 0.25) is 0 Å². The summed E-state index contributed by atoms with van der Waals surface area (Å²) in [6, 6.07) is 14.7. The Morgan fingerprint density at radius 2 is 1.94 bits per heavy atom. The Kier molecular flexibility index (Phi) is 5.75. The minimum Gasteiger partial charge on any atom is -0.378 e. The Balaban J connectivity index is 1.24. The number of rotatable bonds is 7. The van der Waals surface area contributed by atoms with Gasteiger partial charge in [0.25, 0.3) is 0 Å². The monoisotopic (exact) mass is 467 g/mol. The quantitative estimate of drug-likeness (QED) is 0.424. The minimum atomic E-state index is 0.543. The molecule has 0 saturated carbocycles. The predicted molar refractivity (Wildman–Crippen MR) is 136 cm³/mol. The van der Waals surface area contributed by atoms with Gasteiger partial charge in [-0.3, -0.25) is 9.88 Å². The maximum atomic E-state index is 4.96. The number of aryl methyl sites for hydroxylation is 1. The van der Waals surface area contributed by atoms with Crippen LogP contribution in [0.3, 0.4) is 0 Å². The van der Waals surface area contributed by atoms with Crippen LogP contribution in [0.4, 0.5) is 11.5 Å². The lowest BCUT2D eigenvalue weighted by Crippen LogP contribution is -2.26. The Bertz CT molecular complexity index is 1350. The van der Waals surface area contributed by atoms with E-state index in [9.17, 15) is 0 Å². The number of benzene rings is 1. The fraction of sp³-hybridized carbons (Fsp3) is 0.308. The van der Waals surface area contributed by atoms with Crippen molar-refractivity contribution >= 4 is 17.6 Å². The average Bonchev–Trinajstić information content (AvgIpc) is 3.63. The molecule has 0 atom stereocenters. The first-order valence-electron chi connectivity index (χ1n) is 12.1. The number of H-pyrrole nitrogens is 1. The van der Waals surface area contributed by atoms with Crippen LogP contribution in [-0.2, 0) is 19.8 Å². The summed E-state index contributed by atoms with van der Waals surface area (Å²) in [5, 5.41) is 7.87. The summed E-state index contributed by atoms with van der Waals surface area (Å²) >= 11 is 0. The van der Waals surface area contributed by atoms with Gasteiger partial charge in [0.15, 0.2) is 11.6 Å². The van der Waals surface area contributed by atoms with Gasteiger partial charge >= 0.3 is 0 Å². The van der Waals surface area contributed by atoms with Crippen LogP contribution in [0, 0.1) is 6.92 Å². The Morgan fingerprint density at radius 3 is 2.83 bits per heavy atom. The molecule has 0 amide bonds. The van der Waals surface area contributed by atoms with Crippen molar-refractivity contribution in [3.05, 3.63) is 77.9 Å². The largest absolute Gasteiger partial charge is 0.378 e. The molecule has 0 aliphatic carbocycles. The summed E-state index contributed by atoms with van der Waals surface area (Å²) in [5.74, 6) is 2.50. The second kappa shape index (κ2) is 9.34. The predicted octanol–water partition coefficient (Wildman–Crippen LogP) is 4.03. The Hall–Kier alpha value is -3.98. The molecule has 0 radical (unpaired) electrons. The fourth-order valence-corrected chi connectivity index (χ4v) is 4.73. The van der Waals surface area contributed by atoms with Crippen molar-refractivity contribution in [1.82, 2.24) is 34.6 Å². The molecule has 5 heterocycles. The Morgan fingerprint density at radius 1 is 1.06 bits per heavy atom. The van der Waals surface area contributed by atoms with Crippen molar-refractivity contribution in [2.45, 2.75) is 39.5 Å². The van der Waals surface area contributed by atoms with Gasteiger partial charge in [0, 0.05) is 24.1 Å². The van der Waals surface area contributed by atoms with Crippen LogP contribution >= 0.6 is 0 Å². The van der Waals surface area contributed by atoms with Gasteiger partial charge in [0.05, 0.1) is 12.2 Å². The summed E-state index contributed by atoms with van der Waals surface area (Å²) < 4.78 is 1.85. The molecule has 35 heavy (non-hydrogen) atoms. The number of aromatic amines is 1. The van der Waals surface area contributed by atoms with Gasteiger partial charge in [0.2, 0.25) is 0 Å². The van der Waals surface area contributed by atoms with Crippen LogP contribution in [0.1, 0.15) is 35.7 Å². The van der Waals surface area contributed by atoms with E-state index in [0.29, 0.717) is 13.2 Å². The van der Waals surface area contributed by atoms with Crippen molar-refractivity contribution in [1.29, 1.82) is 0 Å². The molecule has 6 rings (SSSR count). The lowest BCUT2D eigenvalue weighted by atomic mass is 10.2. The number of pyridine rings is 1. The van der Waals surface area contributed by atoms with Crippen molar-refractivity contribution < 1.29 is 0 Å². The number of aromatic nitrogens is 6. The van der Waals surface area contributed by atoms with E-state index in [1.807, 2.05) is 42.1 Å². The van der Waals surface area contributed by atoms with Crippen LogP contribution < -0.4 is 10.2 Å². The molecule has 9 heteroatoms. The first kappa shape index (κ1) is 21.5. The van der Waals surface area contributed by atoms with E-state index >= 15 is 0 Å². The highest BCUT2D eigenvalue weighted by molar-refractivity contribution is 5.72. The number of hydrogen-bond acceptors (Lipinski definition) is 7. The first-order chi connectivity index (χ1) is 17.2. The summed E-state index contributed by atoms with van der Waals surface area (Å²) in [5.41, 5.74) is 5.15. The Labute approximate surface area is 204 Å². The molecule has 2 aliphatic rings. The highest BCUT2D eigenvalue weighted by Gasteiger charge is 2.21. The highest BCUT2D eigenvalue weighted by Crippen LogP contribution is 2.30. The third kappa shape index (κ3) is 4.67. The van der Waals surface area contributed by atoms with Crippen molar-refractivity contribution in [2.24, 2.45) is 0 Å². The van der Waals surface area contributed by atoms with Gasteiger partial charge in [-0.2, -0.15) is 5.10 Å². The molecule has 4 aromatic rings. The third-order valence-electron chi connectivity index (χ3n) is 6.48. The second-order valence-corrected chi connectivity index (χ2v) is 9.13. The molecule has 0 spiro atoms. The lowest BCUT2D eigenvalue weighted by Gasteiger charge is -2.22. The van der Waals surface area contributed by atoms with Crippen LogP contribution in [0.15, 0.2) is 55.0 Å². The van der Waals surface area contributed by atoms with Crippen molar-refractivity contribution in [2.75, 3.05) is 23.3 Å². The molecule has 178 valence electrons. The van der Waals surface area contributed by atoms with E-state index in [-0.39, 0.29) is 0 Å². The smallest absolute Gasteiger partial charge is 0.162 e. The first-order valence-corrected chi connectivity index (χ1v) is 12.1. The molecule has 9 nitrogen and oxygen atoms in total. The number of nitrogens with one attached hydrogen (secondary N) is 2. The molecule has 3 aromatic heterocycles. The van der Waals surface area contributed by atoms with E-state index < -0.39 is 0 Å². The van der Waals surface area contributed by atoms with E-state index in [1.165, 1.54) is 31.5 Å². The van der Waals surface area contributed by atoms with Crippen LogP contribution in [0.5, 0.6) is 0 Å². The molecular weight excluding hydrogens is 438 g/mol. The van der Waals surface area contributed by atoms with E-state index in [4.69, 9.17) is 9.97 Å². The topological polar surface area (TPSA) is 90.8 Å². The molecule has 1 fully saturated rings. The van der Waals surface area contributed by atoms with Gasteiger partial charge in [-0.05, 0) is 68.8 Å².